The maximum Gasteiger partial charge on any atom is 0.0965 e. The lowest BCUT2D eigenvalue weighted by Crippen LogP contribution is -1.88. The molecule has 3 N–H and O–H groups in total. The fourth-order valence-electron chi connectivity index (χ4n) is 2.46. The highest BCUT2D eigenvalue weighted by atomic mass is 14.8. The molecule has 4 aromatic rings. The lowest BCUT2D eigenvalue weighted by molar-refractivity contribution is 1.49. The summed E-state index contributed by atoms with van der Waals surface area (Å²) < 4.78 is 0. The number of rotatable bonds is 0. The van der Waals surface area contributed by atoms with E-state index in [2.05, 4.69) is 23.2 Å². The van der Waals surface area contributed by atoms with E-state index >= 15 is 0 Å². The molecular formula is C15H11N3. The van der Waals surface area contributed by atoms with E-state index in [1.807, 2.05) is 30.3 Å². The summed E-state index contributed by atoms with van der Waals surface area (Å²) in [4.78, 5) is 8.09. The van der Waals surface area contributed by atoms with E-state index in [0.717, 1.165) is 38.5 Å². The number of pyridine rings is 1. The van der Waals surface area contributed by atoms with Crippen molar-refractivity contribution in [3.63, 3.8) is 0 Å². The molecule has 2 aromatic carbocycles. The average Bonchev–Trinajstić information content (AvgIpc) is 2.75. The monoisotopic (exact) mass is 233 g/mol. The first-order chi connectivity index (χ1) is 8.83. The molecule has 2 aromatic heterocycles. The maximum absolute atomic E-state index is 5.99. The predicted molar refractivity (Wildman–Crippen MR) is 75.5 cm³/mol. The zero-order chi connectivity index (χ0) is 12.1. The van der Waals surface area contributed by atoms with E-state index in [1.54, 1.807) is 0 Å². The summed E-state index contributed by atoms with van der Waals surface area (Å²) >= 11 is 0. The highest BCUT2D eigenvalue weighted by molar-refractivity contribution is 6.09. The van der Waals surface area contributed by atoms with Crippen LogP contribution in [0.25, 0.3) is 32.8 Å². The number of hydrogen-bond acceptors (Lipinski definition) is 2. The van der Waals surface area contributed by atoms with Crippen LogP contribution >= 0.6 is 0 Å². The zero-order valence-electron chi connectivity index (χ0n) is 9.64. The van der Waals surface area contributed by atoms with Gasteiger partial charge >= 0.3 is 0 Å². The number of nitrogens with two attached hydrogens (primary N) is 1. The van der Waals surface area contributed by atoms with E-state index < -0.39 is 0 Å². The molecule has 0 atom stereocenters. The van der Waals surface area contributed by atoms with Crippen LogP contribution in [-0.2, 0) is 0 Å². The molecule has 0 saturated heterocycles. The van der Waals surface area contributed by atoms with E-state index in [4.69, 9.17) is 10.7 Å². The van der Waals surface area contributed by atoms with Gasteiger partial charge in [0.25, 0.3) is 0 Å². The van der Waals surface area contributed by atoms with Crippen LogP contribution in [0.5, 0.6) is 0 Å². The Balaban J connectivity index is 2.27. The van der Waals surface area contributed by atoms with Crippen molar-refractivity contribution in [2.24, 2.45) is 0 Å². The van der Waals surface area contributed by atoms with Gasteiger partial charge in [-0.05, 0) is 24.3 Å². The zero-order valence-corrected chi connectivity index (χ0v) is 9.64. The maximum atomic E-state index is 5.99. The number of nitrogen functional groups attached to an aromatic ring is 1. The van der Waals surface area contributed by atoms with Crippen molar-refractivity contribution in [2.45, 2.75) is 0 Å². The van der Waals surface area contributed by atoms with Crippen molar-refractivity contribution >= 4 is 38.5 Å². The highest BCUT2D eigenvalue weighted by Gasteiger charge is 2.07. The first-order valence-electron chi connectivity index (χ1n) is 5.88. The number of para-hydroxylation sites is 1. The van der Waals surface area contributed by atoms with Crippen LogP contribution in [0.4, 0.5) is 5.69 Å². The van der Waals surface area contributed by atoms with Crippen molar-refractivity contribution in [3.8, 4) is 0 Å². The SMILES string of the molecule is Nc1cccc2nc3c(cc12)[nH]c1ccccc13. The molecule has 3 nitrogen and oxygen atoms in total. The van der Waals surface area contributed by atoms with Crippen molar-refractivity contribution in [3.05, 3.63) is 48.5 Å². The minimum atomic E-state index is 0.764. The first-order valence-corrected chi connectivity index (χ1v) is 5.88. The summed E-state index contributed by atoms with van der Waals surface area (Å²) in [5.41, 5.74) is 10.8. The lowest BCUT2D eigenvalue weighted by atomic mass is 10.1. The third kappa shape index (κ3) is 1.16. The number of H-pyrrole nitrogens is 1. The molecule has 0 aliphatic rings. The van der Waals surface area contributed by atoms with Crippen LogP contribution in [0.15, 0.2) is 48.5 Å². The smallest absolute Gasteiger partial charge is 0.0965 e. The van der Waals surface area contributed by atoms with Crippen molar-refractivity contribution in [2.75, 3.05) is 5.73 Å². The second-order valence-electron chi connectivity index (χ2n) is 4.47. The van der Waals surface area contributed by atoms with Gasteiger partial charge in [-0.25, -0.2) is 4.98 Å². The Kier molecular flexibility index (Phi) is 1.70. The molecule has 0 aliphatic carbocycles. The van der Waals surface area contributed by atoms with E-state index in [1.165, 1.54) is 0 Å². The number of anilines is 1. The summed E-state index contributed by atoms with van der Waals surface area (Å²) in [6.07, 6.45) is 0. The normalized spacial score (nSPS) is 11.6. The second-order valence-corrected chi connectivity index (χ2v) is 4.47. The van der Waals surface area contributed by atoms with E-state index in [0.29, 0.717) is 0 Å². The van der Waals surface area contributed by atoms with Gasteiger partial charge in [-0.1, -0.05) is 24.3 Å². The molecule has 4 rings (SSSR count). The number of benzene rings is 2. The van der Waals surface area contributed by atoms with Crippen LogP contribution in [-0.4, -0.2) is 9.97 Å². The topological polar surface area (TPSA) is 54.7 Å². The Labute approximate surface area is 103 Å². The number of aromatic nitrogens is 2. The molecule has 0 unspecified atom stereocenters. The fraction of sp³-hybridized carbons (Fsp3) is 0. The van der Waals surface area contributed by atoms with Crippen molar-refractivity contribution in [1.82, 2.24) is 9.97 Å². The van der Waals surface area contributed by atoms with Crippen LogP contribution < -0.4 is 5.73 Å². The third-order valence-electron chi connectivity index (χ3n) is 3.34. The first kappa shape index (κ1) is 9.48. The van der Waals surface area contributed by atoms with E-state index in [9.17, 15) is 0 Å². The van der Waals surface area contributed by atoms with Gasteiger partial charge in [0, 0.05) is 22.0 Å². The molecule has 0 radical (unpaired) electrons. The number of hydrogen-bond donors (Lipinski definition) is 2. The Morgan fingerprint density at radius 2 is 1.78 bits per heavy atom. The largest absolute Gasteiger partial charge is 0.398 e. The summed E-state index contributed by atoms with van der Waals surface area (Å²) in [7, 11) is 0. The fourth-order valence-corrected chi connectivity index (χ4v) is 2.46. The van der Waals surface area contributed by atoms with Crippen LogP contribution in [0.1, 0.15) is 0 Å². The Morgan fingerprint density at radius 3 is 2.72 bits per heavy atom. The minimum Gasteiger partial charge on any atom is -0.398 e. The number of aromatic amines is 1. The third-order valence-corrected chi connectivity index (χ3v) is 3.34. The summed E-state index contributed by atoms with van der Waals surface area (Å²) in [6.45, 7) is 0. The number of nitrogens with one attached hydrogen (secondary N) is 1. The van der Waals surface area contributed by atoms with Gasteiger partial charge in [-0.2, -0.15) is 0 Å². The molecule has 0 amide bonds. The summed E-state index contributed by atoms with van der Waals surface area (Å²) in [6, 6.07) is 16.1. The van der Waals surface area contributed by atoms with Gasteiger partial charge < -0.3 is 10.7 Å². The van der Waals surface area contributed by atoms with Gasteiger partial charge in [0.1, 0.15) is 0 Å². The second kappa shape index (κ2) is 3.23. The van der Waals surface area contributed by atoms with Crippen molar-refractivity contribution < 1.29 is 0 Å². The lowest BCUT2D eigenvalue weighted by Gasteiger charge is -2.01. The molecule has 0 aliphatic heterocycles. The van der Waals surface area contributed by atoms with E-state index in [-0.39, 0.29) is 0 Å². The Morgan fingerprint density at radius 1 is 0.889 bits per heavy atom. The molecule has 3 heteroatoms. The quantitative estimate of drug-likeness (QED) is 0.457. The molecular weight excluding hydrogens is 222 g/mol. The van der Waals surface area contributed by atoms with Gasteiger partial charge in [0.05, 0.1) is 16.6 Å². The van der Waals surface area contributed by atoms with Crippen LogP contribution in [0.2, 0.25) is 0 Å². The standard InChI is InChI=1S/C15H11N3/c16-11-5-3-7-13-10(11)8-14-15(18-13)9-4-1-2-6-12(9)17-14/h1-8,17H,16H2. The van der Waals surface area contributed by atoms with Gasteiger partial charge in [-0.15, -0.1) is 0 Å². The number of nitrogens with zero attached hydrogens (tertiary/aromatic N) is 1. The van der Waals surface area contributed by atoms with Gasteiger partial charge in [-0.3, -0.25) is 0 Å². The molecule has 18 heavy (non-hydrogen) atoms. The molecule has 0 fully saturated rings. The summed E-state index contributed by atoms with van der Waals surface area (Å²) in [5.74, 6) is 0. The minimum absolute atomic E-state index is 0.764. The molecule has 2 heterocycles. The highest BCUT2D eigenvalue weighted by Crippen LogP contribution is 2.28. The van der Waals surface area contributed by atoms with Gasteiger partial charge in [0.15, 0.2) is 0 Å². The molecule has 0 spiro atoms. The summed E-state index contributed by atoms with van der Waals surface area (Å²) in [5, 5.41) is 2.15. The Bertz CT molecular complexity index is 890. The predicted octanol–water partition coefficient (Wildman–Crippen LogP) is 3.45. The van der Waals surface area contributed by atoms with Crippen LogP contribution in [0.3, 0.4) is 0 Å². The molecule has 0 bridgehead atoms. The average molecular weight is 233 g/mol. The van der Waals surface area contributed by atoms with Crippen molar-refractivity contribution in [1.29, 1.82) is 0 Å². The molecule has 86 valence electrons. The van der Waals surface area contributed by atoms with Gasteiger partial charge in [0.2, 0.25) is 0 Å². The van der Waals surface area contributed by atoms with Crippen LogP contribution in [0, 0.1) is 0 Å². The number of fused-ring (bicyclic) bond motifs is 4. The molecule has 0 saturated carbocycles. The Hall–Kier alpha value is -2.55.